The third kappa shape index (κ3) is 9.07. The minimum absolute atomic E-state index is 0. The molecule has 0 bridgehead atoms. The first-order valence-corrected chi connectivity index (χ1v) is 8.66. The summed E-state index contributed by atoms with van der Waals surface area (Å²) in [5.41, 5.74) is 1.69. The van der Waals surface area contributed by atoms with Gasteiger partial charge < -0.3 is 15.4 Å². The highest BCUT2D eigenvalue weighted by Gasteiger charge is 2.27. The maximum Gasteiger partial charge on any atom is 0.411 e. The van der Waals surface area contributed by atoms with Crippen LogP contribution in [0.25, 0.3) is 0 Å². The predicted molar refractivity (Wildman–Crippen MR) is 108 cm³/mol. The molecule has 1 aromatic carbocycles. The fraction of sp³-hybridized carbons (Fsp3) is 0.611. The van der Waals surface area contributed by atoms with E-state index in [0.717, 1.165) is 29.9 Å². The molecular formula is C18H27F3IN3O. The molecule has 0 heterocycles. The Hall–Kier alpha value is -1.03. The molecule has 0 amide bonds. The molecule has 0 radical (unpaired) electrons. The highest BCUT2D eigenvalue weighted by Crippen LogP contribution is 2.17. The van der Waals surface area contributed by atoms with E-state index in [2.05, 4.69) is 15.6 Å². The summed E-state index contributed by atoms with van der Waals surface area (Å²) in [5.74, 6) is 0.755. The zero-order valence-corrected chi connectivity index (χ0v) is 17.3. The minimum atomic E-state index is -4.30. The summed E-state index contributed by atoms with van der Waals surface area (Å²) in [6, 6.07) is 7.81. The molecule has 1 saturated carbocycles. The molecule has 26 heavy (non-hydrogen) atoms. The largest absolute Gasteiger partial charge is 0.411 e. The van der Waals surface area contributed by atoms with Crippen molar-refractivity contribution in [2.45, 2.75) is 57.5 Å². The maximum absolute atomic E-state index is 12.1. The van der Waals surface area contributed by atoms with Gasteiger partial charge in [-0.2, -0.15) is 13.2 Å². The second-order valence-electron chi connectivity index (χ2n) is 6.33. The Morgan fingerprint density at radius 2 is 1.88 bits per heavy atom. The molecule has 0 aliphatic heterocycles. The van der Waals surface area contributed by atoms with Gasteiger partial charge in [-0.15, -0.1) is 24.0 Å². The second kappa shape index (κ2) is 11.6. The SMILES string of the molecule is CN=C(NCc1cccc(COCC(F)(F)F)c1)NC1CCCCC1.I. The average molecular weight is 485 g/mol. The van der Waals surface area contributed by atoms with Crippen LogP contribution < -0.4 is 10.6 Å². The van der Waals surface area contributed by atoms with E-state index in [1.807, 2.05) is 18.2 Å². The molecular weight excluding hydrogens is 458 g/mol. The van der Waals surface area contributed by atoms with Crippen molar-refractivity contribution in [3.05, 3.63) is 35.4 Å². The van der Waals surface area contributed by atoms with Gasteiger partial charge in [0.1, 0.15) is 6.61 Å². The summed E-state index contributed by atoms with van der Waals surface area (Å²) in [7, 11) is 1.74. The Kier molecular flexibility index (Phi) is 10.3. The van der Waals surface area contributed by atoms with Crippen LogP contribution in [0.4, 0.5) is 13.2 Å². The van der Waals surface area contributed by atoms with Crippen LogP contribution in [-0.2, 0) is 17.9 Å². The van der Waals surface area contributed by atoms with Crippen molar-refractivity contribution in [1.82, 2.24) is 10.6 Å². The number of ether oxygens (including phenoxy) is 1. The third-order valence-corrected chi connectivity index (χ3v) is 4.16. The normalized spacial score (nSPS) is 16.1. The fourth-order valence-electron chi connectivity index (χ4n) is 2.93. The highest BCUT2D eigenvalue weighted by molar-refractivity contribution is 14.0. The van der Waals surface area contributed by atoms with Crippen LogP contribution in [0.5, 0.6) is 0 Å². The molecule has 0 unspecified atom stereocenters. The first-order valence-electron chi connectivity index (χ1n) is 8.66. The number of aliphatic imine (C=N–C) groups is 1. The molecule has 1 aliphatic rings. The summed E-state index contributed by atoms with van der Waals surface area (Å²) in [5, 5.41) is 6.69. The van der Waals surface area contributed by atoms with Gasteiger partial charge in [-0.05, 0) is 24.0 Å². The molecule has 0 spiro atoms. The Morgan fingerprint density at radius 1 is 1.19 bits per heavy atom. The lowest BCUT2D eigenvalue weighted by Crippen LogP contribution is -2.43. The lowest BCUT2D eigenvalue weighted by molar-refractivity contribution is -0.176. The van der Waals surface area contributed by atoms with Crippen LogP contribution in [0, 0.1) is 0 Å². The standard InChI is InChI=1S/C18H26F3N3O.HI/c1-22-17(24-16-8-3-2-4-9-16)23-11-14-6-5-7-15(10-14)12-25-13-18(19,20)21;/h5-7,10,16H,2-4,8-9,11-13H2,1H3,(H2,22,23,24);1H. The van der Waals surface area contributed by atoms with E-state index in [0.29, 0.717) is 12.6 Å². The monoisotopic (exact) mass is 485 g/mol. The first kappa shape index (κ1) is 23.0. The summed E-state index contributed by atoms with van der Waals surface area (Å²) in [6.07, 6.45) is 1.81. The number of nitrogens with zero attached hydrogens (tertiary/aromatic N) is 1. The number of guanidine groups is 1. The van der Waals surface area contributed by atoms with Gasteiger partial charge in [0.25, 0.3) is 0 Å². The predicted octanol–water partition coefficient (Wildman–Crippen LogP) is 4.38. The van der Waals surface area contributed by atoms with Crippen molar-refractivity contribution in [2.24, 2.45) is 4.99 Å². The van der Waals surface area contributed by atoms with E-state index in [1.165, 1.54) is 19.3 Å². The van der Waals surface area contributed by atoms with Crippen molar-refractivity contribution in [1.29, 1.82) is 0 Å². The number of benzene rings is 1. The zero-order valence-electron chi connectivity index (χ0n) is 14.9. The van der Waals surface area contributed by atoms with Gasteiger partial charge in [0, 0.05) is 19.6 Å². The topological polar surface area (TPSA) is 45.7 Å². The molecule has 0 atom stereocenters. The van der Waals surface area contributed by atoms with Crippen LogP contribution in [0.1, 0.15) is 43.2 Å². The van der Waals surface area contributed by atoms with E-state index in [1.54, 1.807) is 13.1 Å². The van der Waals surface area contributed by atoms with E-state index in [-0.39, 0.29) is 30.6 Å². The van der Waals surface area contributed by atoms with E-state index >= 15 is 0 Å². The number of hydrogen-bond acceptors (Lipinski definition) is 2. The second-order valence-corrected chi connectivity index (χ2v) is 6.33. The highest BCUT2D eigenvalue weighted by atomic mass is 127. The first-order chi connectivity index (χ1) is 12.0. The summed E-state index contributed by atoms with van der Waals surface area (Å²) in [6.45, 7) is -0.727. The van der Waals surface area contributed by atoms with Crippen LogP contribution in [0.15, 0.2) is 29.3 Å². The van der Waals surface area contributed by atoms with E-state index < -0.39 is 12.8 Å². The molecule has 4 nitrogen and oxygen atoms in total. The number of nitrogens with one attached hydrogen (secondary N) is 2. The number of alkyl halides is 3. The van der Waals surface area contributed by atoms with Crippen molar-refractivity contribution < 1.29 is 17.9 Å². The number of halogens is 4. The van der Waals surface area contributed by atoms with E-state index in [4.69, 9.17) is 4.74 Å². The number of rotatable bonds is 6. The molecule has 2 N–H and O–H groups in total. The summed E-state index contributed by atoms with van der Waals surface area (Å²) < 4.78 is 41.1. The van der Waals surface area contributed by atoms with Crippen LogP contribution >= 0.6 is 24.0 Å². The molecule has 1 aliphatic carbocycles. The third-order valence-electron chi connectivity index (χ3n) is 4.16. The molecule has 8 heteroatoms. The molecule has 2 rings (SSSR count). The number of hydrogen-bond donors (Lipinski definition) is 2. The van der Waals surface area contributed by atoms with Crippen LogP contribution in [0.3, 0.4) is 0 Å². The Labute approximate surface area is 170 Å². The Morgan fingerprint density at radius 3 is 2.54 bits per heavy atom. The van der Waals surface area contributed by atoms with Gasteiger partial charge >= 0.3 is 6.18 Å². The average Bonchev–Trinajstić information content (AvgIpc) is 2.59. The Balaban J connectivity index is 0.00000338. The molecule has 1 aromatic rings. The fourth-order valence-corrected chi connectivity index (χ4v) is 2.93. The van der Waals surface area contributed by atoms with Gasteiger partial charge in [0.05, 0.1) is 6.61 Å². The van der Waals surface area contributed by atoms with Gasteiger partial charge in [0.2, 0.25) is 0 Å². The summed E-state index contributed by atoms with van der Waals surface area (Å²) in [4.78, 5) is 4.24. The Bertz CT molecular complexity index is 561. The quantitative estimate of drug-likeness (QED) is 0.357. The van der Waals surface area contributed by atoms with Gasteiger partial charge in [-0.25, -0.2) is 0 Å². The zero-order chi connectivity index (χ0) is 18.1. The lowest BCUT2D eigenvalue weighted by atomic mass is 9.96. The van der Waals surface area contributed by atoms with Gasteiger partial charge in [-0.1, -0.05) is 43.5 Å². The van der Waals surface area contributed by atoms with Crippen LogP contribution in [-0.4, -0.2) is 31.8 Å². The van der Waals surface area contributed by atoms with Crippen LogP contribution in [0.2, 0.25) is 0 Å². The maximum atomic E-state index is 12.1. The molecule has 0 aromatic heterocycles. The summed E-state index contributed by atoms with van der Waals surface area (Å²) >= 11 is 0. The van der Waals surface area contributed by atoms with Gasteiger partial charge in [-0.3, -0.25) is 4.99 Å². The van der Waals surface area contributed by atoms with E-state index in [9.17, 15) is 13.2 Å². The molecule has 1 fully saturated rings. The molecule has 0 saturated heterocycles. The van der Waals surface area contributed by atoms with Crippen molar-refractivity contribution in [2.75, 3.05) is 13.7 Å². The van der Waals surface area contributed by atoms with Crippen molar-refractivity contribution in [3.8, 4) is 0 Å². The molecule has 148 valence electrons. The lowest BCUT2D eigenvalue weighted by Gasteiger charge is -2.25. The minimum Gasteiger partial charge on any atom is -0.367 e. The van der Waals surface area contributed by atoms with Crippen molar-refractivity contribution in [3.63, 3.8) is 0 Å². The van der Waals surface area contributed by atoms with Gasteiger partial charge in [0.15, 0.2) is 5.96 Å². The smallest absolute Gasteiger partial charge is 0.367 e. The van der Waals surface area contributed by atoms with Crippen molar-refractivity contribution >= 4 is 29.9 Å².